The Labute approximate surface area is 81.9 Å². The highest BCUT2D eigenvalue weighted by atomic mass is 16.2. The van der Waals surface area contributed by atoms with E-state index in [2.05, 4.69) is 5.10 Å². The molecule has 0 saturated carbocycles. The number of carbonyl (C=O) groups is 2. The zero-order valence-electron chi connectivity index (χ0n) is 8.23. The highest BCUT2D eigenvalue weighted by Crippen LogP contribution is 2.08. The molecular weight excluding hydrogens is 182 g/mol. The van der Waals surface area contributed by atoms with Crippen molar-refractivity contribution in [2.24, 2.45) is 18.7 Å². The second-order valence-corrected chi connectivity index (χ2v) is 3.29. The molecule has 0 aliphatic heterocycles. The van der Waals surface area contributed by atoms with Gasteiger partial charge in [0, 0.05) is 13.2 Å². The van der Waals surface area contributed by atoms with Gasteiger partial charge in [-0.1, -0.05) is 0 Å². The summed E-state index contributed by atoms with van der Waals surface area (Å²) in [6.07, 6.45) is 3.72. The molecule has 1 amide bonds. The molecule has 76 valence electrons. The number of hydrogen-bond acceptors (Lipinski definition) is 3. The number of carbonyl (C=O) groups excluding carboxylic acids is 2. The van der Waals surface area contributed by atoms with Crippen LogP contribution in [0.5, 0.6) is 0 Å². The van der Waals surface area contributed by atoms with Gasteiger partial charge in [-0.15, -0.1) is 0 Å². The molecule has 1 aromatic rings. The van der Waals surface area contributed by atoms with E-state index in [0.29, 0.717) is 6.42 Å². The highest BCUT2D eigenvalue weighted by Gasteiger charge is 2.21. The standard InChI is InChI=1S/C9H13N3O2/c1-6(13)8(9(10)14)3-7-4-11-12(2)5-7/h4-5,8H,3H2,1-2H3,(H2,10,14). The van der Waals surface area contributed by atoms with Crippen LogP contribution in [0.3, 0.4) is 0 Å². The molecule has 0 spiro atoms. The molecular formula is C9H13N3O2. The van der Waals surface area contributed by atoms with Crippen molar-refractivity contribution < 1.29 is 9.59 Å². The Morgan fingerprint density at radius 2 is 2.29 bits per heavy atom. The van der Waals surface area contributed by atoms with E-state index >= 15 is 0 Å². The first-order chi connectivity index (χ1) is 6.50. The molecule has 0 aliphatic carbocycles. The van der Waals surface area contributed by atoms with E-state index in [0.717, 1.165) is 5.56 Å². The zero-order valence-corrected chi connectivity index (χ0v) is 8.23. The van der Waals surface area contributed by atoms with Gasteiger partial charge in [0.25, 0.3) is 0 Å². The number of aryl methyl sites for hydroxylation is 1. The third-order valence-electron chi connectivity index (χ3n) is 2.03. The van der Waals surface area contributed by atoms with E-state index < -0.39 is 11.8 Å². The number of amides is 1. The maximum absolute atomic E-state index is 11.1. The van der Waals surface area contributed by atoms with Gasteiger partial charge in [0.05, 0.1) is 6.20 Å². The Morgan fingerprint density at radius 3 is 2.64 bits per heavy atom. The lowest BCUT2D eigenvalue weighted by molar-refractivity contribution is -0.130. The molecule has 1 aromatic heterocycles. The van der Waals surface area contributed by atoms with Crippen molar-refractivity contribution in [1.29, 1.82) is 0 Å². The Hall–Kier alpha value is -1.65. The quantitative estimate of drug-likeness (QED) is 0.667. The monoisotopic (exact) mass is 195 g/mol. The van der Waals surface area contributed by atoms with Gasteiger partial charge < -0.3 is 5.73 Å². The minimum Gasteiger partial charge on any atom is -0.369 e. The van der Waals surface area contributed by atoms with Crippen LogP contribution < -0.4 is 5.73 Å². The third kappa shape index (κ3) is 2.42. The third-order valence-corrected chi connectivity index (χ3v) is 2.03. The number of aromatic nitrogens is 2. The fraction of sp³-hybridized carbons (Fsp3) is 0.444. The van der Waals surface area contributed by atoms with E-state index in [4.69, 9.17) is 5.73 Å². The molecule has 0 aliphatic rings. The lowest BCUT2D eigenvalue weighted by Gasteiger charge is -2.06. The largest absolute Gasteiger partial charge is 0.369 e. The summed E-state index contributed by atoms with van der Waals surface area (Å²) in [5.74, 6) is -1.53. The van der Waals surface area contributed by atoms with E-state index in [-0.39, 0.29) is 5.78 Å². The van der Waals surface area contributed by atoms with Gasteiger partial charge in [-0.3, -0.25) is 14.3 Å². The highest BCUT2D eigenvalue weighted by molar-refractivity contribution is 5.99. The van der Waals surface area contributed by atoms with Crippen LogP contribution in [0.2, 0.25) is 0 Å². The number of primary amides is 1. The zero-order chi connectivity index (χ0) is 10.7. The van der Waals surface area contributed by atoms with Crippen molar-refractivity contribution in [3.8, 4) is 0 Å². The first-order valence-electron chi connectivity index (χ1n) is 4.28. The average Bonchev–Trinajstić information content (AvgIpc) is 2.46. The smallest absolute Gasteiger partial charge is 0.228 e. The molecule has 0 saturated heterocycles. The first kappa shape index (κ1) is 10.4. The summed E-state index contributed by atoms with van der Waals surface area (Å²) in [6, 6.07) is 0. The summed E-state index contributed by atoms with van der Waals surface area (Å²) in [6.45, 7) is 1.37. The molecule has 1 heterocycles. The molecule has 1 rings (SSSR count). The number of nitrogens with zero attached hydrogens (tertiary/aromatic N) is 2. The van der Waals surface area contributed by atoms with Crippen LogP contribution in [0.25, 0.3) is 0 Å². The summed E-state index contributed by atoms with van der Waals surface area (Å²) >= 11 is 0. The van der Waals surface area contributed by atoms with Crippen molar-refractivity contribution in [2.45, 2.75) is 13.3 Å². The van der Waals surface area contributed by atoms with Crippen LogP contribution in [0.15, 0.2) is 12.4 Å². The number of rotatable bonds is 4. The average molecular weight is 195 g/mol. The Balaban J connectivity index is 2.74. The molecule has 2 N–H and O–H groups in total. The summed E-state index contributed by atoms with van der Waals surface area (Å²) in [4.78, 5) is 22.0. The lowest BCUT2D eigenvalue weighted by Crippen LogP contribution is -2.30. The fourth-order valence-corrected chi connectivity index (χ4v) is 1.26. The molecule has 14 heavy (non-hydrogen) atoms. The van der Waals surface area contributed by atoms with E-state index in [1.807, 2.05) is 0 Å². The second-order valence-electron chi connectivity index (χ2n) is 3.29. The van der Waals surface area contributed by atoms with Crippen molar-refractivity contribution >= 4 is 11.7 Å². The fourth-order valence-electron chi connectivity index (χ4n) is 1.26. The normalized spacial score (nSPS) is 12.4. The van der Waals surface area contributed by atoms with Crippen LogP contribution >= 0.6 is 0 Å². The molecule has 1 unspecified atom stereocenters. The number of hydrogen-bond donors (Lipinski definition) is 1. The van der Waals surface area contributed by atoms with Crippen LogP contribution in [0, 0.1) is 5.92 Å². The van der Waals surface area contributed by atoms with Crippen LogP contribution in [0.4, 0.5) is 0 Å². The molecule has 0 aromatic carbocycles. The van der Waals surface area contributed by atoms with Gasteiger partial charge in [-0.05, 0) is 18.9 Å². The van der Waals surface area contributed by atoms with Gasteiger partial charge in [0.15, 0.2) is 0 Å². The second kappa shape index (κ2) is 4.04. The van der Waals surface area contributed by atoms with Crippen molar-refractivity contribution in [1.82, 2.24) is 9.78 Å². The lowest BCUT2D eigenvalue weighted by atomic mass is 9.97. The van der Waals surface area contributed by atoms with Gasteiger partial charge in [0.2, 0.25) is 5.91 Å². The maximum Gasteiger partial charge on any atom is 0.228 e. The maximum atomic E-state index is 11.1. The summed E-state index contributed by atoms with van der Waals surface area (Å²) in [5.41, 5.74) is 5.94. The minimum atomic E-state index is -0.737. The Morgan fingerprint density at radius 1 is 1.64 bits per heavy atom. The molecule has 0 radical (unpaired) electrons. The molecule has 0 fully saturated rings. The van der Waals surface area contributed by atoms with Crippen LogP contribution in [-0.2, 0) is 23.1 Å². The van der Waals surface area contributed by atoms with E-state index in [1.54, 1.807) is 24.1 Å². The van der Waals surface area contributed by atoms with Crippen molar-refractivity contribution in [2.75, 3.05) is 0 Å². The molecule has 1 atom stereocenters. The minimum absolute atomic E-state index is 0.207. The molecule has 0 bridgehead atoms. The molecule has 5 nitrogen and oxygen atoms in total. The SMILES string of the molecule is CC(=O)C(Cc1cnn(C)c1)C(N)=O. The summed E-state index contributed by atoms with van der Waals surface area (Å²) in [5, 5.41) is 3.94. The van der Waals surface area contributed by atoms with E-state index in [1.165, 1.54) is 6.92 Å². The van der Waals surface area contributed by atoms with Gasteiger partial charge >= 0.3 is 0 Å². The van der Waals surface area contributed by atoms with Gasteiger partial charge in [0.1, 0.15) is 11.7 Å². The number of Topliss-reactive ketones (excluding diaryl/α,β-unsaturated/α-hetero) is 1. The van der Waals surface area contributed by atoms with Crippen molar-refractivity contribution in [3.63, 3.8) is 0 Å². The predicted octanol–water partition coefficient (Wildman–Crippen LogP) is -0.347. The van der Waals surface area contributed by atoms with Crippen LogP contribution in [0.1, 0.15) is 12.5 Å². The topological polar surface area (TPSA) is 78.0 Å². The van der Waals surface area contributed by atoms with Gasteiger partial charge in [-0.25, -0.2) is 0 Å². The first-order valence-corrected chi connectivity index (χ1v) is 4.28. The summed E-state index contributed by atoms with van der Waals surface area (Å²) in [7, 11) is 1.77. The number of ketones is 1. The van der Waals surface area contributed by atoms with Gasteiger partial charge in [-0.2, -0.15) is 5.10 Å². The van der Waals surface area contributed by atoms with E-state index in [9.17, 15) is 9.59 Å². The van der Waals surface area contributed by atoms with Crippen molar-refractivity contribution in [3.05, 3.63) is 18.0 Å². The summed E-state index contributed by atoms with van der Waals surface area (Å²) < 4.78 is 1.62. The number of nitrogens with two attached hydrogens (primary N) is 1. The Kier molecular flexibility index (Phi) is 3.01. The predicted molar refractivity (Wildman–Crippen MR) is 50.3 cm³/mol. The Bertz CT molecular complexity index is 343. The van der Waals surface area contributed by atoms with Crippen LogP contribution in [-0.4, -0.2) is 21.5 Å². The molecule has 5 heteroatoms.